The average molecular weight is 613 g/mol. The molecule has 0 aliphatic carbocycles. The molecule has 3 aliphatic heterocycles. The van der Waals surface area contributed by atoms with Crippen LogP contribution in [0.5, 0.6) is 0 Å². The first kappa shape index (κ1) is 30.5. The molecule has 4 heterocycles. The number of amides is 2. The summed E-state index contributed by atoms with van der Waals surface area (Å²) in [6.07, 6.45) is 7.72. The summed E-state index contributed by atoms with van der Waals surface area (Å²) in [5.74, 6) is 0.810. The Hall–Kier alpha value is -3.56. The lowest BCUT2D eigenvalue weighted by molar-refractivity contribution is 0.0922. The quantitative estimate of drug-likeness (QED) is 0.335. The van der Waals surface area contributed by atoms with Gasteiger partial charge in [0.15, 0.2) is 0 Å². The van der Waals surface area contributed by atoms with Crippen molar-refractivity contribution in [2.75, 3.05) is 49.3 Å². The molecule has 232 valence electrons. The van der Waals surface area contributed by atoms with Gasteiger partial charge in [-0.15, -0.1) is 11.8 Å². The first-order valence-corrected chi connectivity index (χ1v) is 17.1. The van der Waals surface area contributed by atoms with E-state index in [1.54, 1.807) is 18.0 Å². The zero-order valence-electron chi connectivity index (χ0n) is 26.3. The summed E-state index contributed by atoms with van der Waals surface area (Å²) in [4.78, 5) is 39.3. The lowest BCUT2D eigenvalue weighted by Gasteiger charge is -2.40. The fraction of sp³-hybridized carbons (Fsp3) is 0.457. The normalized spacial score (nSPS) is 22.5. The molecule has 0 spiro atoms. The van der Waals surface area contributed by atoms with E-state index in [4.69, 9.17) is 4.98 Å². The molecule has 8 nitrogen and oxygen atoms in total. The van der Waals surface area contributed by atoms with Crippen LogP contribution < -0.4 is 20.4 Å². The van der Waals surface area contributed by atoms with E-state index in [1.165, 1.54) is 5.69 Å². The van der Waals surface area contributed by atoms with Gasteiger partial charge >= 0.3 is 0 Å². The minimum absolute atomic E-state index is 0.0185. The molecule has 3 fully saturated rings. The van der Waals surface area contributed by atoms with Crippen LogP contribution in [0.25, 0.3) is 0 Å². The number of nitrogens with zero attached hydrogens (tertiary/aromatic N) is 4. The van der Waals surface area contributed by atoms with Crippen LogP contribution in [0, 0.1) is 6.92 Å². The minimum atomic E-state index is -0.120. The number of benzene rings is 2. The molecule has 9 heteroatoms. The fourth-order valence-corrected chi connectivity index (χ4v) is 7.72. The molecule has 2 bridgehead atoms. The highest BCUT2D eigenvalue weighted by atomic mass is 32.2. The molecule has 44 heavy (non-hydrogen) atoms. The molecule has 6 rings (SSSR count). The predicted octanol–water partition coefficient (Wildman–Crippen LogP) is 5.28. The number of aromatic nitrogens is 1. The second-order valence-corrected chi connectivity index (χ2v) is 13.4. The molecule has 4 atom stereocenters. The number of likely N-dealkylation sites (N-methyl/N-ethyl adjacent to an activating group) is 1. The number of pyridine rings is 1. The number of carbonyl (C=O) groups is 2. The number of rotatable bonds is 8. The van der Waals surface area contributed by atoms with Crippen molar-refractivity contribution in [2.24, 2.45) is 0 Å². The Bertz CT molecular complexity index is 1460. The van der Waals surface area contributed by atoms with Gasteiger partial charge in [0.05, 0.1) is 11.6 Å². The van der Waals surface area contributed by atoms with E-state index in [0.717, 1.165) is 79.3 Å². The van der Waals surface area contributed by atoms with Crippen molar-refractivity contribution in [1.29, 1.82) is 0 Å². The fourth-order valence-electron chi connectivity index (χ4n) is 7.09. The number of nitrogens with one attached hydrogen (secondary N) is 2. The van der Waals surface area contributed by atoms with Gasteiger partial charge in [0, 0.05) is 66.6 Å². The van der Waals surface area contributed by atoms with E-state index in [-0.39, 0.29) is 23.9 Å². The smallest absolute Gasteiger partial charge is 0.253 e. The van der Waals surface area contributed by atoms with Crippen molar-refractivity contribution in [2.45, 2.75) is 68.6 Å². The molecule has 3 aliphatic rings. The van der Waals surface area contributed by atoms with Crippen molar-refractivity contribution in [3.63, 3.8) is 0 Å². The van der Waals surface area contributed by atoms with Gasteiger partial charge in [0.25, 0.3) is 11.8 Å². The lowest BCUT2D eigenvalue weighted by Crippen LogP contribution is -2.50. The summed E-state index contributed by atoms with van der Waals surface area (Å²) in [5.41, 5.74) is 4.68. The number of fused-ring (bicyclic) bond motifs is 2. The molecule has 1 aromatic heterocycles. The van der Waals surface area contributed by atoms with Crippen LogP contribution in [0.4, 0.5) is 11.5 Å². The van der Waals surface area contributed by atoms with E-state index in [9.17, 15) is 9.59 Å². The molecular weight excluding hydrogens is 568 g/mol. The van der Waals surface area contributed by atoms with Crippen LogP contribution in [-0.4, -0.2) is 79.3 Å². The number of piperazine rings is 1. The summed E-state index contributed by atoms with van der Waals surface area (Å²) in [7, 11) is 2.16. The third-order valence-electron chi connectivity index (χ3n) is 9.70. The average Bonchev–Trinajstić information content (AvgIpc) is 3.31. The van der Waals surface area contributed by atoms with Crippen LogP contribution >= 0.6 is 11.8 Å². The van der Waals surface area contributed by atoms with Gasteiger partial charge in [-0.1, -0.05) is 18.2 Å². The van der Waals surface area contributed by atoms with Gasteiger partial charge in [-0.25, -0.2) is 4.98 Å². The molecule has 3 saturated heterocycles. The Labute approximate surface area is 265 Å². The van der Waals surface area contributed by atoms with Crippen LogP contribution in [0.15, 0.2) is 65.7 Å². The number of hydrogen-bond acceptors (Lipinski definition) is 7. The second kappa shape index (κ2) is 13.2. The van der Waals surface area contributed by atoms with Crippen LogP contribution in [-0.2, 0) is 0 Å². The number of piperidine rings is 1. The zero-order chi connectivity index (χ0) is 30.8. The van der Waals surface area contributed by atoms with Crippen LogP contribution in [0.2, 0.25) is 0 Å². The number of carbonyl (C=O) groups excluding carboxylic acids is 2. The van der Waals surface area contributed by atoms with Gasteiger partial charge in [0.2, 0.25) is 0 Å². The maximum absolute atomic E-state index is 13.2. The summed E-state index contributed by atoms with van der Waals surface area (Å²) < 4.78 is 0. The van der Waals surface area contributed by atoms with Crippen molar-refractivity contribution < 1.29 is 9.59 Å². The van der Waals surface area contributed by atoms with Crippen LogP contribution in [0.1, 0.15) is 70.5 Å². The first-order valence-electron chi connectivity index (χ1n) is 15.8. The van der Waals surface area contributed by atoms with Crippen molar-refractivity contribution >= 4 is 35.1 Å². The predicted molar refractivity (Wildman–Crippen MR) is 179 cm³/mol. The topological polar surface area (TPSA) is 80.8 Å². The van der Waals surface area contributed by atoms with E-state index in [1.807, 2.05) is 44.4 Å². The zero-order valence-corrected chi connectivity index (χ0v) is 27.1. The summed E-state index contributed by atoms with van der Waals surface area (Å²) in [6.45, 7) is 8.27. The lowest BCUT2D eigenvalue weighted by atomic mass is 9.96. The Balaban J connectivity index is 1.03. The third-order valence-corrected chi connectivity index (χ3v) is 10.6. The summed E-state index contributed by atoms with van der Waals surface area (Å²) in [6, 6.07) is 19.1. The number of anilines is 2. The first-order chi connectivity index (χ1) is 21.3. The maximum atomic E-state index is 13.2. The SMILES string of the molecule is CSc1cccc(C(=O)NC2C[C@H]3CC[C@@H](C2)N3c2ccc(C(=O)N[C@@H](C)c3ccc(N4CCN(C)CC4)cc3)cn2)c1C. The van der Waals surface area contributed by atoms with Gasteiger partial charge in [-0.3, -0.25) is 9.59 Å². The van der Waals surface area contributed by atoms with Crippen molar-refractivity contribution in [3.8, 4) is 0 Å². The molecule has 2 N–H and O–H groups in total. The second-order valence-electron chi connectivity index (χ2n) is 12.5. The van der Waals surface area contributed by atoms with Gasteiger partial charge in [0.1, 0.15) is 5.82 Å². The van der Waals surface area contributed by atoms with Gasteiger partial charge in [-0.05, 0) is 100 Å². The highest BCUT2D eigenvalue weighted by molar-refractivity contribution is 7.98. The molecule has 0 saturated carbocycles. The van der Waals surface area contributed by atoms with Gasteiger partial charge in [-0.2, -0.15) is 0 Å². The van der Waals surface area contributed by atoms with Crippen LogP contribution in [0.3, 0.4) is 0 Å². The Morgan fingerprint density at radius 1 is 0.932 bits per heavy atom. The van der Waals surface area contributed by atoms with E-state index in [0.29, 0.717) is 17.6 Å². The van der Waals surface area contributed by atoms with E-state index >= 15 is 0 Å². The van der Waals surface area contributed by atoms with E-state index < -0.39 is 0 Å². The molecule has 0 radical (unpaired) electrons. The largest absolute Gasteiger partial charge is 0.369 e. The Morgan fingerprint density at radius 3 is 2.27 bits per heavy atom. The highest BCUT2D eigenvalue weighted by Crippen LogP contribution is 2.39. The van der Waals surface area contributed by atoms with Crippen molar-refractivity contribution in [3.05, 3.63) is 83.0 Å². The monoisotopic (exact) mass is 612 g/mol. The molecule has 3 aromatic rings. The number of hydrogen-bond donors (Lipinski definition) is 2. The van der Waals surface area contributed by atoms with Gasteiger partial charge < -0.3 is 25.3 Å². The number of thioether (sulfide) groups is 1. The molecule has 1 unspecified atom stereocenters. The highest BCUT2D eigenvalue weighted by Gasteiger charge is 2.42. The molecular formula is C35H44N6O2S. The third kappa shape index (κ3) is 6.44. The maximum Gasteiger partial charge on any atom is 0.253 e. The summed E-state index contributed by atoms with van der Waals surface area (Å²) >= 11 is 1.67. The Morgan fingerprint density at radius 2 is 1.64 bits per heavy atom. The van der Waals surface area contributed by atoms with Crippen molar-refractivity contribution in [1.82, 2.24) is 20.5 Å². The van der Waals surface area contributed by atoms with E-state index in [2.05, 4.69) is 62.7 Å². The Kier molecular flexibility index (Phi) is 9.14. The summed E-state index contributed by atoms with van der Waals surface area (Å²) in [5, 5.41) is 6.47. The molecule has 2 amide bonds. The standard InChI is InChI=1S/C35H44N6O2S/c1-23-31(6-5-7-32(23)44-4)35(43)38-27-20-29-13-14-30(21-27)41(29)33-15-10-26(22-36-33)34(42)37-24(2)25-8-11-28(12-9-25)40-18-16-39(3)17-19-40/h5-12,15,22,24,27,29-30H,13-14,16-21H2,1-4H3,(H,37,42)(H,38,43)/t24-,27?,29-,30+/m0/s1. The molecule has 2 aromatic carbocycles. The minimum Gasteiger partial charge on any atom is -0.369 e.